The summed E-state index contributed by atoms with van der Waals surface area (Å²) in [7, 11) is -3.57. The zero-order chi connectivity index (χ0) is 20.9. The molecule has 2 aromatic rings. The van der Waals surface area contributed by atoms with E-state index in [2.05, 4.69) is 0 Å². The molecule has 0 atom stereocenters. The molecule has 1 saturated heterocycles. The zero-order valence-corrected chi connectivity index (χ0v) is 17.4. The van der Waals surface area contributed by atoms with Crippen molar-refractivity contribution in [1.29, 1.82) is 0 Å². The molecule has 0 radical (unpaired) electrons. The Balaban J connectivity index is 1.73. The summed E-state index contributed by atoms with van der Waals surface area (Å²) in [5.74, 6) is 0.498. The Morgan fingerprint density at radius 3 is 2.38 bits per heavy atom. The first-order chi connectivity index (χ1) is 13.9. The van der Waals surface area contributed by atoms with Crippen molar-refractivity contribution in [3.05, 3.63) is 65.7 Å². The van der Waals surface area contributed by atoms with Gasteiger partial charge in [-0.2, -0.15) is 4.31 Å². The largest absolute Gasteiger partial charge is 0.490 e. The van der Waals surface area contributed by atoms with Crippen molar-refractivity contribution in [3.8, 4) is 5.75 Å². The minimum absolute atomic E-state index is 0.0289. The van der Waals surface area contributed by atoms with Crippen LogP contribution >= 0.6 is 0 Å². The van der Waals surface area contributed by atoms with Crippen molar-refractivity contribution in [2.45, 2.75) is 24.8 Å². The van der Waals surface area contributed by atoms with Crippen molar-refractivity contribution in [3.63, 3.8) is 0 Å². The molecule has 0 amide bonds. The Morgan fingerprint density at radius 1 is 1.07 bits per heavy atom. The van der Waals surface area contributed by atoms with Gasteiger partial charge >= 0.3 is 0 Å². The van der Waals surface area contributed by atoms with Gasteiger partial charge < -0.3 is 9.47 Å². The van der Waals surface area contributed by atoms with Gasteiger partial charge in [-0.15, -0.1) is 0 Å². The van der Waals surface area contributed by atoms with E-state index in [9.17, 15) is 13.2 Å². The van der Waals surface area contributed by atoms with E-state index in [1.54, 1.807) is 6.08 Å². The van der Waals surface area contributed by atoms with Crippen molar-refractivity contribution < 1.29 is 22.7 Å². The molecule has 0 aromatic heterocycles. The van der Waals surface area contributed by atoms with E-state index in [4.69, 9.17) is 9.47 Å². The Kier molecular flexibility index (Phi) is 6.84. The number of carbonyl (C=O) groups excluding carboxylic acids is 1. The van der Waals surface area contributed by atoms with Crippen LogP contribution in [0, 0.1) is 0 Å². The first kappa shape index (κ1) is 21.2. The molecular formula is C22H25NO5S. The second-order valence-electron chi connectivity index (χ2n) is 6.94. The quantitative estimate of drug-likeness (QED) is 0.512. The third kappa shape index (κ3) is 5.32. The first-order valence-corrected chi connectivity index (χ1v) is 11.0. The van der Waals surface area contributed by atoms with Crippen LogP contribution < -0.4 is 4.74 Å². The van der Waals surface area contributed by atoms with E-state index in [0.717, 1.165) is 5.56 Å². The van der Waals surface area contributed by atoms with E-state index in [-0.39, 0.29) is 16.8 Å². The molecule has 1 heterocycles. The summed E-state index contributed by atoms with van der Waals surface area (Å²) in [4.78, 5) is 12.7. The van der Waals surface area contributed by atoms with Crippen LogP contribution in [0.4, 0.5) is 0 Å². The van der Waals surface area contributed by atoms with Crippen LogP contribution in [0.3, 0.4) is 0 Å². The summed E-state index contributed by atoms with van der Waals surface area (Å²) in [6, 6.07) is 13.5. The number of ether oxygens (including phenoxy) is 2. The average molecular weight is 416 g/mol. The van der Waals surface area contributed by atoms with E-state index < -0.39 is 10.0 Å². The molecule has 0 saturated carbocycles. The number of allylic oxidation sites excluding steroid dienone is 1. The van der Waals surface area contributed by atoms with Crippen molar-refractivity contribution in [1.82, 2.24) is 4.31 Å². The van der Waals surface area contributed by atoms with Crippen molar-refractivity contribution in [2.24, 2.45) is 0 Å². The van der Waals surface area contributed by atoms with Crippen LogP contribution in [0.1, 0.15) is 29.8 Å². The molecule has 0 spiro atoms. The molecule has 1 fully saturated rings. The van der Waals surface area contributed by atoms with E-state index in [0.29, 0.717) is 37.6 Å². The summed E-state index contributed by atoms with van der Waals surface area (Å²) < 4.78 is 37.7. The highest BCUT2D eigenvalue weighted by Crippen LogP contribution is 2.22. The zero-order valence-electron chi connectivity index (χ0n) is 16.6. The van der Waals surface area contributed by atoms with Crippen LogP contribution in [0.15, 0.2) is 59.5 Å². The molecule has 29 heavy (non-hydrogen) atoms. The van der Waals surface area contributed by atoms with Crippen molar-refractivity contribution >= 4 is 21.9 Å². The number of hydrogen-bond donors (Lipinski definition) is 0. The Morgan fingerprint density at radius 2 is 1.72 bits per heavy atom. The Bertz CT molecular complexity index is 975. The van der Waals surface area contributed by atoms with Gasteiger partial charge in [0.2, 0.25) is 10.0 Å². The topological polar surface area (TPSA) is 72.9 Å². The van der Waals surface area contributed by atoms with E-state index in [1.165, 1.54) is 34.6 Å². The fourth-order valence-corrected chi connectivity index (χ4v) is 4.38. The summed E-state index contributed by atoms with van der Waals surface area (Å²) in [6.07, 6.45) is 3.20. The lowest BCUT2D eigenvalue weighted by Gasteiger charge is -2.26. The number of ketones is 1. The standard InChI is InChI=1S/C22H25NO5S/c1-17(2)28-22-6-4-3-5-19(22)9-12-21(24)18-7-10-20(11-8-18)29(25,26)23-13-15-27-16-14-23/h3-12,17H,13-16H2,1-2H3/b12-9+. The highest BCUT2D eigenvalue weighted by molar-refractivity contribution is 7.89. The molecule has 7 heteroatoms. The maximum absolute atomic E-state index is 12.7. The minimum Gasteiger partial charge on any atom is -0.490 e. The monoisotopic (exact) mass is 415 g/mol. The molecule has 6 nitrogen and oxygen atoms in total. The van der Waals surface area contributed by atoms with Crippen LogP contribution in [-0.4, -0.2) is 50.9 Å². The van der Waals surface area contributed by atoms with Gasteiger partial charge in [0.25, 0.3) is 0 Å². The van der Waals surface area contributed by atoms with E-state index in [1.807, 2.05) is 38.1 Å². The maximum atomic E-state index is 12.7. The number of sulfonamides is 1. The summed E-state index contributed by atoms with van der Waals surface area (Å²) in [6.45, 7) is 5.34. The summed E-state index contributed by atoms with van der Waals surface area (Å²) >= 11 is 0. The third-order valence-corrected chi connectivity index (χ3v) is 6.36. The number of rotatable bonds is 7. The molecule has 1 aliphatic heterocycles. The molecule has 0 N–H and O–H groups in total. The van der Waals surface area contributed by atoms with Gasteiger partial charge in [-0.3, -0.25) is 4.79 Å². The third-order valence-electron chi connectivity index (χ3n) is 4.44. The van der Waals surface area contributed by atoms with Gasteiger partial charge in [0.1, 0.15) is 5.75 Å². The fraction of sp³-hybridized carbons (Fsp3) is 0.318. The van der Waals surface area contributed by atoms with Gasteiger partial charge in [0.15, 0.2) is 5.78 Å². The number of morpholine rings is 1. The smallest absolute Gasteiger partial charge is 0.243 e. The van der Waals surface area contributed by atoms with Gasteiger partial charge in [-0.05, 0) is 56.3 Å². The first-order valence-electron chi connectivity index (χ1n) is 9.54. The number of benzene rings is 2. The highest BCUT2D eigenvalue weighted by atomic mass is 32.2. The number of carbonyl (C=O) groups is 1. The van der Waals surface area contributed by atoms with Gasteiger partial charge in [-0.25, -0.2) is 8.42 Å². The predicted molar refractivity (Wildman–Crippen MR) is 112 cm³/mol. The Hall–Kier alpha value is -2.48. The molecule has 0 unspecified atom stereocenters. The Labute approximate surface area is 171 Å². The average Bonchev–Trinajstić information content (AvgIpc) is 2.73. The lowest BCUT2D eigenvalue weighted by atomic mass is 10.1. The number of hydrogen-bond acceptors (Lipinski definition) is 5. The van der Waals surface area contributed by atoms with Gasteiger partial charge in [0, 0.05) is 24.2 Å². The fourth-order valence-electron chi connectivity index (χ4n) is 2.97. The highest BCUT2D eigenvalue weighted by Gasteiger charge is 2.26. The van der Waals surface area contributed by atoms with Crippen LogP contribution in [0.2, 0.25) is 0 Å². The van der Waals surface area contributed by atoms with Gasteiger partial charge in [-0.1, -0.05) is 18.2 Å². The van der Waals surface area contributed by atoms with Crippen LogP contribution in [-0.2, 0) is 14.8 Å². The normalized spacial score (nSPS) is 15.7. The maximum Gasteiger partial charge on any atom is 0.243 e. The number of para-hydroxylation sites is 1. The molecule has 3 rings (SSSR count). The minimum atomic E-state index is -3.57. The summed E-state index contributed by atoms with van der Waals surface area (Å²) in [5.41, 5.74) is 1.23. The molecule has 2 aromatic carbocycles. The lowest BCUT2D eigenvalue weighted by Crippen LogP contribution is -2.40. The number of nitrogens with zero attached hydrogens (tertiary/aromatic N) is 1. The van der Waals surface area contributed by atoms with Crippen LogP contribution in [0.25, 0.3) is 6.08 Å². The molecule has 1 aliphatic rings. The van der Waals surface area contributed by atoms with Crippen LogP contribution in [0.5, 0.6) is 5.75 Å². The lowest BCUT2D eigenvalue weighted by molar-refractivity contribution is 0.0730. The predicted octanol–water partition coefficient (Wildman–Crippen LogP) is 3.39. The van der Waals surface area contributed by atoms with E-state index >= 15 is 0 Å². The molecule has 154 valence electrons. The SMILES string of the molecule is CC(C)Oc1ccccc1/C=C/C(=O)c1ccc(S(=O)(=O)N2CCOCC2)cc1. The summed E-state index contributed by atoms with van der Waals surface area (Å²) in [5, 5.41) is 0. The second kappa shape index (κ2) is 9.35. The molecule has 0 bridgehead atoms. The molecular weight excluding hydrogens is 390 g/mol. The van der Waals surface area contributed by atoms with Crippen molar-refractivity contribution in [2.75, 3.05) is 26.3 Å². The van der Waals surface area contributed by atoms with Gasteiger partial charge in [0.05, 0.1) is 24.2 Å². The molecule has 0 aliphatic carbocycles. The second-order valence-corrected chi connectivity index (χ2v) is 8.88.